The maximum atomic E-state index is 11.8. The summed E-state index contributed by atoms with van der Waals surface area (Å²) in [6.45, 7) is 2.20. The fourth-order valence-corrected chi connectivity index (χ4v) is 2.06. The van der Waals surface area contributed by atoms with Gasteiger partial charge >= 0.3 is 5.97 Å². The number of rotatable bonds is 4. The minimum Gasteiger partial charge on any atom is -0.477 e. The summed E-state index contributed by atoms with van der Waals surface area (Å²) >= 11 is 1.51. The molecular weight excluding hydrogens is 266 g/mol. The number of carboxylic acids is 1. The maximum absolute atomic E-state index is 11.8. The van der Waals surface area contributed by atoms with Gasteiger partial charge in [0.25, 0.3) is 5.91 Å². The second-order valence-corrected chi connectivity index (χ2v) is 4.84. The molecule has 2 heterocycles. The molecule has 0 unspecified atom stereocenters. The van der Waals surface area contributed by atoms with E-state index in [2.05, 4.69) is 15.3 Å². The molecule has 0 aliphatic carbocycles. The van der Waals surface area contributed by atoms with E-state index < -0.39 is 5.97 Å². The van der Waals surface area contributed by atoms with Crippen LogP contribution in [0.1, 0.15) is 31.5 Å². The minimum atomic E-state index is -1.16. The first-order valence-electron chi connectivity index (χ1n) is 5.45. The van der Waals surface area contributed by atoms with Gasteiger partial charge in [-0.3, -0.25) is 4.79 Å². The van der Waals surface area contributed by atoms with Crippen LogP contribution in [0.15, 0.2) is 23.7 Å². The standard InChI is InChI=1S/C12H11N3O3S/c1-7-15-9(6-19-7)5-14-11(16)8-2-3-13-10(4-8)12(17)18/h2-4,6H,5H2,1H3,(H,14,16)(H,17,18). The lowest BCUT2D eigenvalue weighted by Crippen LogP contribution is -2.23. The number of aryl methyl sites for hydroxylation is 1. The summed E-state index contributed by atoms with van der Waals surface area (Å²) < 4.78 is 0. The van der Waals surface area contributed by atoms with Gasteiger partial charge in [-0.05, 0) is 19.1 Å². The highest BCUT2D eigenvalue weighted by atomic mass is 32.1. The number of hydrogen-bond acceptors (Lipinski definition) is 5. The van der Waals surface area contributed by atoms with E-state index in [0.717, 1.165) is 10.7 Å². The second kappa shape index (κ2) is 5.57. The lowest BCUT2D eigenvalue weighted by molar-refractivity contribution is 0.0690. The number of thiazole rings is 1. The van der Waals surface area contributed by atoms with Crippen molar-refractivity contribution < 1.29 is 14.7 Å². The molecule has 0 aliphatic rings. The van der Waals surface area contributed by atoms with Crippen molar-refractivity contribution in [2.45, 2.75) is 13.5 Å². The van der Waals surface area contributed by atoms with Crippen molar-refractivity contribution in [3.05, 3.63) is 45.7 Å². The van der Waals surface area contributed by atoms with Gasteiger partial charge in [-0.25, -0.2) is 14.8 Å². The predicted molar refractivity (Wildman–Crippen MR) is 69.2 cm³/mol. The number of nitrogens with zero attached hydrogens (tertiary/aromatic N) is 2. The molecule has 98 valence electrons. The lowest BCUT2D eigenvalue weighted by atomic mass is 10.2. The maximum Gasteiger partial charge on any atom is 0.354 e. The third-order valence-corrected chi connectivity index (χ3v) is 3.16. The molecule has 0 atom stereocenters. The summed E-state index contributed by atoms with van der Waals surface area (Å²) in [7, 11) is 0. The summed E-state index contributed by atoms with van der Waals surface area (Å²) in [5.41, 5.74) is 0.889. The fraction of sp³-hybridized carbons (Fsp3) is 0.167. The first-order valence-corrected chi connectivity index (χ1v) is 6.33. The molecule has 0 bridgehead atoms. The minimum absolute atomic E-state index is 0.155. The monoisotopic (exact) mass is 277 g/mol. The predicted octanol–water partition coefficient (Wildman–Crippen LogP) is 1.47. The number of aromatic nitrogens is 2. The van der Waals surface area contributed by atoms with E-state index in [4.69, 9.17) is 5.11 Å². The van der Waals surface area contributed by atoms with E-state index in [1.807, 2.05) is 12.3 Å². The van der Waals surface area contributed by atoms with E-state index in [-0.39, 0.29) is 17.2 Å². The van der Waals surface area contributed by atoms with E-state index in [9.17, 15) is 9.59 Å². The third kappa shape index (κ3) is 3.35. The van der Waals surface area contributed by atoms with Crippen LogP contribution in [0.3, 0.4) is 0 Å². The molecule has 2 aromatic rings. The zero-order chi connectivity index (χ0) is 13.8. The number of amides is 1. The van der Waals surface area contributed by atoms with Crippen LogP contribution >= 0.6 is 11.3 Å². The zero-order valence-electron chi connectivity index (χ0n) is 10.1. The molecule has 2 aromatic heterocycles. The topological polar surface area (TPSA) is 92.2 Å². The van der Waals surface area contributed by atoms with E-state index in [1.165, 1.54) is 29.7 Å². The SMILES string of the molecule is Cc1nc(CNC(=O)c2ccnc(C(=O)O)c2)cs1. The van der Waals surface area contributed by atoms with Gasteiger partial charge in [-0.15, -0.1) is 11.3 Å². The van der Waals surface area contributed by atoms with Gasteiger partial charge < -0.3 is 10.4 Å². The number of carboxylic acid groups (broad SMARTS) is 1. The van der Waals surface area contributed by atoms with Crippen molar-refractivity contribution in [3.63, 3.8) is 0 Å². The van der Waals surface area contributed by atoms with Crippen LogP contribution in [0.2, 0.25) is 0 Å². The molecule has 0 radical (unpaired) electrons. The van der Waals surface area contributed by atoms with Gasteiger partial charge in [0.05, 0.1) is 17.2 Å². The molecule has 0 saturated carbocycles. The number of nitrogens with one attached hydrogen (secondary N) is 1. The Kier molecular flexibility index (Phi) is 3.86. The highest BCUT2D eigenvalue weighted by Crippen LogP contribution is 2.08. The Morgan fingerprint density at radius 2 is 2.26 bits per heavy atom. The highest BCUT2D eigenvalue weighted by molar-refractivity contribution is 7.09. The van der Waals surface area contributed by atoms with Gasteiger partial charge in [0.1, 0.15) is 5.69 Å². The molecular formula is C12H11N3O3S. The summed E-state index contributed by atoms with van der Waals surface area (Å²) in [4.78, 5) is 30.5. The fourth-order valence-electron chi connectivity index (χ4n) is 1.45. The molecule has 7 heteroatoms. The largest absolute Gasteiger partial charge is 0.477 e. The smallest absolute Gasteiger partial charge is 0.354 e. The Labute approximate surface area is 113 Å². The van der Waals surface area contributed by atoms with Crippen LogP contribution in [0.25, 0.3) is 0 Å². The molecule has 2 N–H and O–H groups in total. The molecule has 0 aromatic carbocycles. The summed E-state index contributed by atoms with van der Waals surface area (Å²) in [6.07, 6.45) is 1.30. The Morgan fingerprint density at radius 3 is 2.89 bits per heavy atom. The number of pyridine rings is 1. The summed E-state index contributed by atoms with van der Waals surface area (Å²) in [5.74, 6) is -1.51. The summed E-state index contributed by atoms with van der Waals surface area (Å²) in [6, 6.07) is 2.71. The Hall–Kier alpha value is -2.28. The molecule has 0 saturated heterocycles. The van der Waals surface area contributed by atoms with Crippen molar-refractivity contribution in [1.82, 2.24) is 15.3 Å². The van der Waals surface area contributed by atoms with Crippen molar-refractivity contribution in [2.75, 3.05) is 0 Å². The molecule has 2 rings (SSSR count). The van der Waals surface area contributed by atoms with E-state index in [1.54, 1.807) is 0 Å². The molecule has 0 spiro atoms. The molecule has 6 nitrogen and oxygen atoms in total. The molecule has 0 aliphatic heterocycles. The first-order chi connectivity index (χ1) is 9.06. The van der Waals surface area contributed by atoms with Crippen LogP contribution in [0, 0.1) is 6.92 Å². The van der Waals surface area contributed by atoms with Crippen LogP contribution in [0.5, 0.6) is 0 Å². The number of aromatic carboxylic acids is 1. The van der Waals surface area contributed by atoms with Crippen LogP contribution in [-0.2, 0) is 6.54 Å². The lowest BCUT2D eigenvalue weighted by Gasteiger charge is -2.03. The van der Waals surface area contributed by atoms with Crippen molar-refractivity contribution in [2.24, 2.45) is 0 Å². The summed E-state index contributed by atoms with van der Waals surface area (Å²) in [5, 5.41) is 14.3. The molecule has 0 fully saturated rings. The van der Waals surface area contributed by atoms with Crippen molar-refractivity contribution in [1.29, 1.82) is 0 Å². The normalized spacial score (nSPS) is 10.2. The Balaban J connectivity index is 2.03. The number of carbonyl (C=O) groups excluding carboxylic acids is 1. The van der Waals surface area contributed by atoms with Gasteiger partial charge in [-0.1, -0.05) is 0 Å². The van der Waals surface area contributed by atoms with E-state index >= 15 is 0 Å². The molecule has 19 heavy (non-hydrogen) atoms. The van der Waals surface area contributed by atoms with Crippen LogP contribution in [0.4, 0.5) is 0 Å². The first kappa shape index (κ1) is 13.2. The van der Waals surface area contributed by atoms with Gasteiger partial charge in [-0.2, -0.15) is 0 Å². The molecule has 1 amide bonds. The number of hydrogen-bond donors (Lipinski definition) is 2. The average molecular weight is 277 g/mol. The van der Waals surface area contributed by atoms with Crippen LogP contribution < -0.4 is 5.32 Å². The number of carbonyl (C=O) groups is 2. The second-order valence-electron chi connectivity index (χ2n) is 3.78. The van der Waals surface area contributed by atoms with Gasteiger partial charge in [0, 0.05) is 17.1 Å². The van der Waals surface area contributed by atoms with Crippen molar-refractivity contribution >= 4 is 23.2 Å². The van der Waals surface area contributed by atoms with Gasteiger partial charge in [0.15, 0.2) is 0 Å². The third-order valence-electron chi connectivity index (χ3n) is 2.34. The quantitative estimate of drug-likeness (QED) is 0.883. The van der Waals surface area contributed by atoms with Crippen LogP contribution in [-0.4, -0.2) is 27.0 Å². The Bertz CT molecular complexity index is 624. The highest BCUT2D eigenvalue weighted by Gasteiger charge is 2.10. The Morgan fingerprint density at radius 1 is 1.47 bits per heavy atom. The zero-order valence-corrected chi connectivity index (χ0v) is 10.9. The van der Waals surface area contributed by atoms with E-state index in [0.29, 0.717) is 6.54 Å². The van der Waals surface area contributed by atoms with Crippen molar-refractivity contribution in [3.8, 4) is 0 Å². The van der Waals surface area contributed by atoms with Gasteiger partial charge in [0.2, 0.25) is 0 Å². The average Bonchev–Trinajstić information content (AvgIpc) is 2.82.